The van der Waals surface area contributed by atoms with Crippen molar-refractivity contribution in [3.63, 3.8) is 0 Å². The molecular weight excluding hydrogens is 374 g/mol. The number of hydrogen-bond acceptors (Lipinski definition) is 5. The van der Waals surface area contributed by atoms with Crippen LogP contribution >= 0.6 is 0 Å². The van der Waals surface area contributed by atoms with Crippen molar-refractivity contribution in [3.05, 3.63) is 0 Å². The molecule has 2 heterocycles. The summed E-state index contributed by atoms with van der Waals surface area (Å²) in [6, 6.07) is 0.487. The lowest BCUT2D eigenvalue weighted by atomic mass is 10.0. The smallest absolute Gasteiger partial charge is 0.191 e. The Morgan fingerprint density at radius 1 is 1.00 bits per heavy atom. The number of nitrogens with one attached hydrogen (secondary N) is 2. The van der Waals surface area contributed by atoms with E-state index in [1.165, 1.54) is 38.8 Å². The minimum Gasteiger partial charge on any atom is -0.357 e. The zero-order valence-electron chi connectivity index (χ0n) is 18.1. The van der Waals surface area contributed by atoms with Gasteiger partial charge < -0.3 is 10.6 Å². The Bertz CT molecular complexity index is 557. The van der Waals surface area contributed by atoms with Crippen LogP contribution in [0.3, 0.4) is 0 Å². The van der Waals surface area contributed by atoms with Crippen molar-refractivity contribution < 1.29 is 8.42 Å². The van der Waals surface area contributed by atoms with Gasteiger partial charge in [-0.05, 0) is 38.8 Å². The predicted molar refractivity (Wildman–Crippen MR) is 118 cm³/mol. The molecule has 1 atom stereocenters. The SMILES string of the molecule is CCNC(=NCC(C(C)C)N1CCCCCC1)NCCN1CCS(=O)(=O)CC1. The van der Waals surface area contributed by atoms with Crippen LogP contribution in [0.5, 0.6) is 0 Å². The normalized spacial score (nSPS) is 23.4. The summed E-state index contributed by atoms with van der Waals surface area (Å²) in [7, 11) is -2.81. The van der Waals surface area contributed by atoms with Crippen LogP contribution in [0.1, 0.15) is 46.5 Å². The van der Waals surface area contributed by atoms with E-state index in [-0.39, 0.29) is 11.5 Å². The molecule has 0 aromatic rings. The molecule has 2 saturated heterocycles. The topological polar surface area (TPSA) is 77.0 Å². The summed E-state index contributed by atoms with van der Waals surface area (Å²) in [5.74, 6) is 2.02. The maximum atomic E-state index is 11.5. The first-order valence-electron chi connectivity index (χ1n) is 11.1. The van der Waals surface area contributed by atoms with Crippen LogP contribution in [-0.4, -0.2) is 94.1 Å². The minimum absolute atomic E-state index is 0.285. The lowest BCUT2D eigenvalue weighted by molar-refractivity contribution is 0.166. The van der Waals surface area contributed by atoms with Crippen molar-refractivity contribution >= 4 is 15.8 Å². The quantitative estimate of drug-likeness (QED) is 0.458. The summed E-state index contributed by atoms with van der Waals surface area (Å²) < 4.78 is 23.1. The minimum atomic E-state index is -2.81. The molecule has 0 aromatic heterocycles. The fraction of sp³-hybridized carbons (Fsp3) is 0.950. The maximum Gasteiger partial charge on any atom is 0.191 e. The van der Waals surface area contributed by atoms with Gasteiger partial charge in [0.05, 0.1) is 18.1 Å². The van der Waals surface area contributed by atoms with Crippen LogP contribution < -0.4 is 10.6 Å². The van der Waals surface area contributed by atoms with E-state index < -0.39 is 9.84 Å². The number of likely N-dealkylation sites (tertiary alicyclic amines) is 1. The zero-order chi connectivity index (χ0) is 20.4. The van der Waals surface area contributed by atoms with Crippen molar-refractivity contribution in [3.8, 4) is 0 Å². The Balaban J connectivity index is 1.83. The molecule has 8 heteroatoms. The number of aliphatic imine (C=N–C) groups is 1. The number of hydrogen-bond donors (Lipinski definition) is 2. The molecule has 0 saturated carbocycles. The molecule has 2 N–H and O–H groups in total. The van der Waals surface area contributed by atoms with E-state index >= 15 is 0 Å². The van der Waals surface area contributed by atoms with Gasteiger partial charge in [0.2, 0.25) is 0 Å². The number of rotatable bonds is 8. The van der Waals surface area contributed by atoms with Crippen LogP contribution in [0, 0.1) is 5.92 Å². The van der Waals surface area contributed by atoms with Crippen molar-refractivity contribution in [2.24, 2.45) is 10.9 Å². The van der Waals surface area contributed by atoms with Gasteiger partial charge in [0.25, 0.3) is 0 Å². The fourth-order valence-corrected chi connectivity index (χ4v) is 5.28. The van der Waals surface area contributed by atoms with Crippen LogP contribution in [0.4, 0.5) is 0 Å². The van der Waals surface area contributed by atoms with E-state index in [1.807, 2.05) is 0 Å². The second-order valence-corrected chi connectivity index (χ2v) is 10.7. The molecule has 2 aliphatic rings. The van der Waals surface area contributed by atoms with Gasteiger partial charge in [-0.2, -0.15) is 0 Å². The van der Waals surface area contributed by atoms with Crippen molar-refractivity contribution in [1.29, 1.82) is 0 Å². The van der Waals surface area contributed by atoms with Gasteiger partial charge in [-0.15, -0.1) is 0 Å². The van der Waals surface area contributed by atoms with E-state index in [9.17, 15) is 8.42 Å². The molecule has 0 spiro atoms. The van der Waals surface area contributed by atoms with Crippen molar-refractivity contribution in [2.45, 2.75) is 52.5 Å². The third-order valence-electron chi connectivity index (χ3n) is 5.82. The van der Waals surface area contributed by atoms with Gasteiger partial charge in [-0.1, -0.05) is 26.7 Å². The third-order valence-corrected chi connectivity index (χ3v) is 7.43. The molecule has 7 nitrogen and oxygen atoms in total. The number of sulfone groups is 1. The lowest BCUT2D eigenvalue weighted by Gasteiger charge is -2.32. The van der Waals surface area contributed by atoms with Gasteiger partial charge in [0.15, 0.2) is 15.8 Å². The number of guanidine groups is 1. The second kappa shape index (κ2) is 12.0. The first-order chi connectivity index (χ1) is 13.4. The summed E-state index contributed by atoms with van der Waals surface area (Å²) in [5.41, 5.74) is 0. The average molecular weight is 416 g/mol. The molecule has 0 bridgehead atoms. The molecular formula is C20H41N5O2S. The highest BCUT2D eigenvalue weighted by atomic mass is 32.2. The Kier molecular flexibility index (Phi) is 10.0. The molecule has 0 amide bonds. The first-order valence-corrected chi connectivity index (χ1v) is 12.9. The summed E-state index contributed by atoms with van der Waals surface area (Å²) in [6.45, 7) is 13.6. The van der Waals surface area contributed by atoms with E-state index in [0.717, 1.165) is 32.1 Å². The van der Waals surface area contributed by atoms with Crippen LogP contribution in [0.25, 0.3) is 0 Å². The summed E-state index contributed by atoms with van der Waals surface area (Å²) >= 11 is 0. The Labute approximate surface area is 172 Å². The van der Waals surface area contributed by atoms with Gasteiger partial charge in [0.1, 0.15) is 0 Å². The summed E-state index contributed by atoms with van der Waals surface area (Å²) in [6.07, 6.45) is 5.31. The standard InChI is InChI=1S/C20H41N5O2S/c1-4-21-20(22-9-12-24-13-15-28(26,27)16-14-24)23-17-19(18(2)3)25-10-7-5-6-8-11-25/h18-19H,4-17H2,1-3H3,(H2,21,22,23). The average Bonchev–Trinajstić information content (AvgIpc) is 2.92. The molecule has 2 aliphatic heterocycles. The molecule has 2 rings (SSSR count). The maximum absolute atomic E-state index is 11.5. The van der Waals surface area contributed by atoms with Crippen LogP contribution in [0.15, 0.2) is 4.99 Å². The predicted octanol–water partition coefficient (Wildman–Crippen LogP) is 1.17. The highest BCUT2D eigenvalue weighted by molar-refractivity contribution is 7.91. The number of nitrogens with zero attached hydrogens (tertiary/aromatic N) is 3. The summed E-state index contributed by atoms with van der Waals surface area (Å²) in [5, 5.41) is 6.78. The molecule has 0 radical (unpaired) electrons. The van der Waals surface area contributed by atoms with E-state index in [2.05, 4.69) is 41.2 Å². The highest BCUT2D eigenvalue weighted by Crippen LogP contribution is 2.17. The van der Waals surface area contributed by atoms with Crippen molar-refractivity contribution in [1.82, 2.24) is 20.4 Å². The van der Waals surface area contributed by atoms with Crippen molar-refractivity contribution in [2.75, 3.05) is 63.9 Å². The van der Waals surface area contributed by atoms with E-state index in [4.69, 9.17) is 4.99 Å². The Morgan fingerprint density at radius 2 is 1.64 bits per heavy atom. The molecule has 28 heavy (non-hydrogen) atoms. The highest BCUT2D eigenvalue weighted by Gasteiger charge is 2.23. The molecule has 2 fully saturated rings. The third kappa shape index (κ3) is 8.25. The summed E-state index contributed by atoms with van der Waals surface area (Å²) in [4.78, 5) is 9.74. The Hall–Kier alpha value is -0.860. The zero-order valence-corrected chi connectivity index (χ0v) is 18.9. The van der Waals surface area contributed by atoms with Crippen LogP contribution in [-0.2, 0) is 9.84 Å². The first kappa shape index (κ1) is 23.4. The lowest BCUT2D eigenvalue weighted by Crippen LogP contribution is -2.47. The largest absolute Gasteiger partial charge is 0.357 e. The molecule has 0 aliphatic carbocycles. The second-order valence-electron chi connectivity index (χ2n) is 8.40. The Morgan fingerprint density at radius 3 is 2.21 bits per heavy atom. The van der Waals surface area contributed by atoms with Crippen LogP contribution in [0.2, 0.25) is 0 Å². The van der Waals surface area contributed by atoms with Gasteiger partial charge in [-0.25, -0.2) is 8.42 Å². The van der Waals surface area contributed by atoms with Gasteiger partial charge in [-0.3, -0.25) is 14.8 Å². The molecule has 1 unspecified atom stereocenters. The van der Waals surface area contributed by atoms with E-state index in [0.29, 0.717) is 25.0 Å². The van der Waals surface area contributed by atoms with E-state index in [1.54, 1.807) is 0 Å². The van der Waals surface area contributed by atoms with Gasteiger partial charge >= 0.3 is 0 Å². The monoisotopic (exact) mass is 415 g/mol. The molecule has 164 valence electrons. The molecule has 0 aromatic carbocycles. The van der Waals surface area contributed by atoms with Gasteiger partial charge in [0, 0.05) is 38.8 Å². The fourth-order valence-electron chi connectivity index (χ4n) is 4.01.